The van der Waals surface area contributed by atoms with Crippen LogP contribution in [0.4, 0.5) is 10.5 Å². The summed E-state index contributed by atoms with van der Waals surface area (Å²) in [7, 11) is 0. The van der Waals surface area contributed by atoms with Gasteiger partial charge in [0.2, 0.25) is 0 Å². The lowest BCUT2D eigenvalue weighted by molar-refractivity contribution is -0.146. The fourth-order valence-electron chi connectivity index (χ4n) is 1.71. The Balaban J connectivity index is 2.00. The van der Waals surface area contributed by atoms with Crippen molar-refractivity contribution < 1.29 is 14.7 Å². The molecule has 0 spiro atoms. The summed E-state index contributed by atoms with van der Waals surface area (Å²) in [6, 6.07) is 8.65. The van der Waals surface area contributed by atoms with E-state index in [0.29, 0.717) is 5.69 Å². The van der Waals surface area contributed by atoms with E-state index in [1.807, 2.05) is 24.3 Å². The van der Waals surface area contributed by atoms with Crippen molar-refractivity contribution in [2.24, 2.45) is 5.41 Å². The fourth-order valence-corrected chi connectivity index (χ4v) is 1.71. The Morgan fingerprint density at radius 1 is 1.29 bits per heavy atom. The lowest BCUT2D eigenvalue weighted by Crippen LogP contribution is -2.40. The first-order valence-electron chi connectivity index (χ1n) is 6.51. The van der Waals surface area contributed by atoms with Crippen LogP contribution in [0.1, 0.15) is 13.8 Å². The van der Waals surface area contributed by atoms with Crippen LogP contribution >= 0.6 is 0 Å². The highest BCUT2D eigenvalue weighted by Crippen LogP contribution is 2.17. The van der Waals surface area contributed by atoms with Gasteiger partial charge >= 0.3 is 12.0 Å². The zero-order valence-electron chi connectivity index (χ0n) is 11.9. The number of nitrogens with zero attached hydrogens (tertiary/aromatic N) is 1. The molecule has 3 N–H and O–H groups in total. The zero-order valence-corrected chi connectivity index (χ0v) is 11.9. The molecule has 6 nitrogen and oxygen atoms in total. The summed E-state index contributed by atoms with van der Waals surface area (Å²) in [6.07, 6.45) is 1.70. The van der Waals surface area contributed by atoms with Gasteiger partial charge in [0.1, 0.15) is 0 Å². The first-order valence-corrected chi connectivity index (χ1v) is 6.51. The fraction of sp³-hybridized carbons (Fsp3) is 0.267. The maximum absolute atomic E-state index is 11.8. The van der Waals surface area contributed by atoms with E-state index in [-0.39, 0.29) is 6.54 Å². The number of pyridine rings is 1. The van der Waals surface area contributed by atoms with E-state index >= 15 is 0 Å². The molecule has 0 atom stereocenters. The number of urea groups is 1. The molecule has 6 heteroatoms. The second-order valence-corrected chi connectivity index (χ2v) is 5.41. The third kappa shape index (κ3) is 3.68. The normalized spacial score (nSPS) is 11.1. The molecule has 1 heterocycles. The molecule has 0 saturated heterocycles. The molecule has 1 aromatic carbocycles. The Morgan fingerprint density at radius 2 is 2.05 bits per heavy atom. The van der Waals surface area contributed by atoms with Crippen LogP contribution in [-0.4, -0.2) is 28.6 Å². The highest BCUT2D eigenvalue weighted by molar-refractivity contribution is 5.92. The SMILES string of the molecule is CC(C)(CNC(=O)Nc1ccc2ncccc2c1)C(=O)O. The molecule has 0 radical (unpaired) electrons. The monoisotopic (exact) mass is 287 g/mol. The third-order valence-electron chi connectivity index (χ3n) is 3.13. The van der Waals surface area contributed by atoms with Crippen molar-refractivity contribution in [1.29, 1.82) is 0 Å². The number of amides is 2. The highest BCUT2D eigenvalue weighted by atomic mass is 16.4. The number of aromatic nitrogens is 1. The van der Waals surface area contributed by atoms with Crippen LogP contribution in [0.15, 0.2) is 36.5 Å². The van der Waals surface area contributed by atoms with Crippen molar-refractivity contribution in [3.63, 3.8) is 0 Å². The lowest BCUT2D eigenvalue weighted by Gasteiger charge is -2.19. The van der Waals surface area contributed by atoms with Gasteiger partial charge < -0.3 is 15.7 Å². The van der Waals surface area contributed by atoms with E-state index in [1.54, 1.807) is 26.1 Å². The van der Waals surface area contributed by atoms with Gasteiger partial charge in [0.05, 0.1) is 10.9 Å². The van der Waals surface area contributed by atoms with Crippen LogP contribution < -0.4 is 10.6 Å². The largest absolute Gasteiger partial charge is 0.481 e. The van der Waals surface area contributed by atoms with Gasteiger partial charge in [-0.15, -0.1) is 0 Å². The predicted molar refractivity (Wildman–Crippen MR) is 80.2 cm³/mol. The van der Waals surface area contributed by atoms with Crippen molar-refractivity contribution in [3.8, 4) is 0 Å². The molecule has 21 heavy (non-hydrogen) atoms. The van der Waals surface area contributed by atoms with Gasteiger partial charge in [0, 0.05) is 23.8 Å². The molecule has 2 rings (SSSR count). The standard InChI is InChI=1S/C15H17N3O3/c1-15(2,13(19)20)9-17-14(21)18-11-5-6-12-10(8-11)4-3-7-16-12/h3-8H,9H2,1-2H3,(H,19,20)(H2,17,18,21). The maximum Gasteiger partial charge on any atom is 0.319 e. The maximum atomic E-state index is 11.8. The van der Waals surface area contributed by atoms with Gasteiger partial charge in [0.15, 0.2) is 0 Å². The minimum Gasteiger partial charge on any atom is -0.481 e. The Kier molecular flexibility index (Phi) is 4.07. The zero-order chi connectivity index (χ0) is 15.5. The minimum absolute atomic E-state index is 0.0449. The first-order chi connectivity index (χ1) is 9.88. The molecule has 110 valence electrons. The van der Waals surface area contributed by atoms with Crippen LogP contribution in [-0.2, 0) is 4.79 Å². The number of carboxylic acid groups (broad SMARTS) is 1. The number of carbonyl (C=O) groups excluding carboxylic acids is 1. The molecule has 2 aromatic rings. The average Bonchev–Trinajstić information content (AvgIpc) is 2.45. The third-order valence-corrected chi connectivity index (χ3v) is 3.13. The molecule has 0 saturated carbocycles. The van der Waals surface area contributed by atoms with Gasteiger partial charge in [-0.05, 0) is 38.1 Å². The van der Waals surface area contributed by atoms with Crippen LogP contribution in [0, 0.1) is 5.41 Å². The van der Waals surface area contributed by atoms with E-state index in [9.17, 15) is 9.59 Å². The highest BCUT2D eigenvalue weighted by Gasteiger charge is 2.27. The summed E-state index contributed by atoms with van der Waals surface area (Å²) in [6.45, 7) is 3.15. The number of aliphatic carboxylic acids is 1. The van der Waals surface area contributed by atoms with Gasteiger partial charge in [-0.1, -0.05) is 6.07 Å². The smallest absolute Gasteiger partial charge is 0.319 e. The summed E-state index contributed by atoms with van der Waals surface area (Å²) >= 11 is 0. The number of carbonyl (C=O) groups is 2. The van der Waals surface area contributed by atoms with Crippen molar-refractivity contribution in [1.82, 2.24) is 10.3 Å². The second-order valence-electron chi connectivity index (χ2n) is 5.41. The molecule has 0 aliphatic heterocycles. The number of anilines is 1. The second kappa shape index (κ2) is 5.78. The van der Waals surface area contributed by atoms with Crippen molar-refractivity contribution >= 4 is 28.6 Å². The molecular formula is C15H17N3O3. The summed E-state index contributed by atoms with van der Waals surface area (Å²) < 4.78 is 0. The molecule has 0 fully saturated rings. The number of carboxylic acids is 1. The quantitative estimate of drug-likeness (QED) is 0.805. The number of hydrogen-bond donors (Lipinski definition) is 3. The van der Waals surface area contributed by atoms with Gasteiger partial charge in [-0.25, -0.2) is 4.79 Å². The Bertz CT molecular complexity index is 683. The van der Waals surface area contributed by atoms with Crippen LogP contribution in [0.2, 0.25) is 0 Å². The minimum atomic E-state index is -1.01. The van der Waals surface area contributed by atoms with Gasteiger partial charge in [-0.2, -0.15) is 0 Å². The summed E-state index contributed by atoms with van der Waals surface area (Å²) in [5.41, 5.74) is 0.460. The van der Waals surface area contributed by atoms with Crippen molar-refractivity contribution in [2.45, 2.75) is 13.8 Å². The van der Waals surface area contributed by atoms with Gasteiger partial charge in [0.25, 0.3) is 0 Å². The molecule has 0 aliphatic carbocycles. The molecule has 0 bridgehead atoms. The summed E-state index contributed by atoms with van der Waals surface area (Å²) in [5, 5.41) is 15.1. The molecule has 1 aromatic heterocycles. The first kappa shape index (κ1) is 14.8. The van der Waals surface area contributed by atoms with E-state index in [1.165, 1.54) is 0 Å². The van der Waals surface area contributed by atoms with Crippen LogP contribution in [0.25, 0.3) is 10.9 Å². The number of rotatable bonds is 4. The Hall–Kier alpha value is -2.63. The number of hydrogen-bond acceptors (Lipinski definition) is 3. The molecular weight excluding hydrogens is 270 g/mol. The van der Waals surface area contributed by atoms with E-state index in [4.69, 9.17) is 5.11 Å². The number of nitrogens with one attached hydrogen (secondary N) is 2. The van der Waals surface area contributed by atoms with Crippen LogP contribution in [0.3, 0.4) is 0 Å². The average molecular weight is 287 g/mol. The van der Waals surface area contributed by atoms with Crippen molar-refractivity contribution in [2.75, 3.05) is 11.9 Å². The summed E-state index contributed by atoms with van der Waals surface area (Å²) in [5.74, 6) is -0.959. The number of fused-ring (bicyclic) bond motifs is 1. The molecule has 0 aliphatic rings. The molecule has 2 amide bonds. The summed E-state index contributed by atoms with van der Waals surface area (Å²) in [4.78, 5) is 26.9. The molecule has 0 unspecified atom stereocenters. The lowest BCUT2D eigenvalue weighted by atomic mass is 9.94. The predicted octanol–water partition coefficient (Wildman–Crippen LogP) is 2.47. The van der Waals surface area contributed by atoms with Crippen molar-refractivity contribution in [3.05, 3.63) is 36.5 Å². The van der Waals surface area contributed by atoms with E-state index < -0.39 is 17.4 Å². The van der Waals surface area contributed by atoms with E-state index in [2.05, 4.69) is 15.6 Å². The van der Waals surface area contributed by atoms with Gasteiger partial charge in [-0.3, -0.25) is 9.78 Å². The number of benzene rings is 1. The van der Waals surface area contributed by atoms with Crippen LogP contribution in [0.5, 0.6) is 0 Å². The van der Waals surface area contributed by atoms with E-state index in [0.717, 1.165) is 10.9 Å². The topological polar surface area (TPSA) is 91.3 Å². The Labute approximate surface area is 122 Å². The Morgan fingerprint density at radius 3 is 2.76 bits per heavy atom.